The molecule has 2 nitrogen and oxygen atoms in total. The van der Waals surface area contributed by atoms with E-state index in [9.17, 15) is 0 Å². The van der Waals surface area contributed by atoms with Gasteiger partial charge in [0.25, 0.3) is 0 Å². The quantitative estimate of drug-likeness (QED) is 0.515. The van der Waals surface area contributed by atoms with Crippen molar-refractivity contribution in [3.05, 3.63) is 42.6 Å². The van der Waals surface area contributed by atoms with Crippen molar-refractivity contribution < 1.29 is 4.52 Å². The second kappa shape index (κ2) is 4.68. The van der Waals surface area contributed by atoms with Crippen molar-refractivity contribution in [3.8, 4) is 5.75 Å². The molecule has 0 fully saturated rings. The molecule has 1 atom stereocenters. The predicted molar refractivity (Wildman–Crippen MR) is 54.6 cm³/mol. The Morgan fingerprint density at radius 2 is 2.00 bits per heavy atom. The second-order valence-corrected chi connectivity index (χ2v) is 2.38. The van der Waals surface area contributed by atoms with Crippen LogP contribution in [0.5, 0.6) is 5.75 Å². The molecular weight excluding hydrogens is 169 g/mol. The molecule has 3 heteroatoms. The minimum absolute atomic E-state index is 0.816. The average Bonchev–Trinajstić information content (AvgIpc) is 2.15. The number of hydrogen-bond donors (Lipinski definition) is 0. The maximum atomic E-state index is 4.93. The van der Waals surface area contributed by atoms with Crippen LogP contribution in [0.25, 0.3) is 0 Å². The van der Waals surface area contributed by atoms with Crippen LogP contribution in [0.3, 0.4) is 0 Å². The van der Waals surface area contributed by atoms with E-state index in [1.807, 2.05) is 24.3 Å². The first kappa shape index (κ1) is 8.95. The molecule has 1 aromatic carbocycles. The number of rotatable bonds is 3. The molecule has 0 aliphatic rings. The van der Waals surface area contributed by atoms with Crippen molar-refractivity contribution in [1.29, 1.82) is 0 Å². The van der Waals surface area contributed by atoms with Crippen LogP contribution >= 0.6 is 9.47 Å². The van der Waals surface area contributed by atoms with Gasteiger partial charge in [-0.05, 0) is 29.8 Å². The Morgan fingerprint density at radius 3 is 2.50 bits per heavy atom. The van der Waals surface area contributed by atoms with Crippen LogP contribution in [0.4, 0.5) is 0 Å². The molecule has 0 bridgehead atoms. The van der Waals surface area contributed by atoms with E-state index in [0.717, 1.165) is 11.3 Å². The van der Waals surface area contributed by atoms with Gasteiger partial charge in [0.05, 0.1) is 9.47 Å². The zero-order valence-electron chi connectivity index (χ0n) is 6.60. The van der Waals surface area contributed by atoms with Gasteiger partial charge in [-0.25, -0.2) is 0 Å². The smallest absolute Gasteiger partial charge is 0.122 e. The molecule has 0 radical (unpaired) electrons. The molecule has 0 spiro atoms. The molecule has 0 saturated carbocycles. The Hall–Kier alpha value is -1.14. The van der Waals surface area contributed by atoms with Crippen molar-refractivity contribution in [2.45, 2.75) is 0 Å². The molecule has 1 aromatic rings. The molecule has 62 valence electrons. The predicted octanol–water partition coefficient (Wildman–Crippen LogP) is 2.42. The summed E-state index contributed by atoms with van der Waals surface area (Å²) in [5, 5.41) is 0. The largest absolute Gasteiger partial charge is 0.480 e. The zero-order valence-corrected chi connectivity index (χ0v) is 7.76. The van der Waals surface area contributed by atoms with Gasteiger partial charge in [0.1, 0.15) is 5.75 Å². The van der Waals surface area contributed by atoms with Crippen LogP contribution < -0.4 is 4.52 Å². The lowest BCUT2D eigenvalue weighted by atomic mass is 10.2. The molecule has 0 aliphatic heterocycles. The molecule has 0 amide bonds. The normalized spacial score (nSPS) is 10.1. The fraction of sp³-hybridized carbons (Fsp3) is 0. The van der Waals surface area contributed by atoms with E-state index < -0.39 is 0 Å². The van der Waals surface area contributed by atoms with Gasteiger partial charge >= 0.3 is 0 Å². The number of benzene rings is 1. The molecular formula is C9H10NOP. The summed E-state index contributed by atoms with van der Waals surface area (Å²) in [5.74, 6) is 0.816. The van der Waals surface area contributed by atoms with E-state index in [2.05, 4.69) is 21.0 Å². The van der Waals surface area contributed by atoms with Gasteiger partial charge in [-0.2, -0.15) is 0 Å². The van der Waals surface area contributed by atoms with Crippen LogP contribution in [0.1, 0.15) is 5.56 Å². The standard InChI is InChI=1S/C9H10NOP/c1-2-10-7-8-3-5-9(11-12)6-4-8/h2-7H,1,12H2. The van der Waals surface area contributed by atoms with Crippen LogP contribution in [-0.4, -0.2) is 6.21 Å². The van der Waals surface area contributed by atoms with E-state index >= 15 is 0 Å². The van der Waals surface area contributed by atoms with Gasteiger partial charge < -0.3 is 4.52 Å². The molecule has 0 heterocycles. The third-order valence-corrected chi connectivity index (χ3v) is 1.62. The van der Waals surface area contributed by atoms with Crippen molar-refractivity contribution >= 4 is 15.7 Å². The minimum atomic E-state index is 0.816. The van der Waals surface area contributed by atoms with Gasteiger partial charge in [0.2, 0.25) is 0 Å². The fourth-order valence-electron chi connectivity index (χ4n) is 0.771. The first-order chi connectivity index (χ1) is 5.86. The number of aliphatic imine (C=N–C) groups is 1. The van der Waals surface area contributed by atoms with Crippen molar-refractivity contribution in [1.82, 2.24) is 0 Å². The highest BCUT2D eigenvalue weighted by Gasteiger charge is 1.89. The molecule has 0 saturated heterocycles. The molecule has 0 aliphatic carbocycles. The third-order valence-electron chi connectivity index (χ3n) is 1.35. The van der Waals surface area contributed by atoms with Crippen molar-refractivity contribution in [3.63, 3.8) is 0 Å². The van der Waals surface area contributed by atoms with Gasteiger partial charge in [-0.1, -0.05) is 6.58 Å². The van der Waals surface area contributed by atoms with Gasteiger partial charge in [0.15, 0.2) is 0 Å². The molecule has 1 rings (SSSR count). The Balaban J connectivity index is 2.77. The summed E-state index contributed by atoms with van der Waals surface area (Å²) in [5.41, 5.74) is 1.03. The topological polar surface area (TPSA) is 21.6 Å². The zero-order chi connectivity index (χ0) is 8.81. The monoisotopic (exact) mass is 179 g/mol. The summed E-state index contributed by atoms with van der Waals surface area (Å²) in [4.78, 5) is 3.89. The van der Waals surface area contributed by atoms with Gasteiger partial charge in [0, 0.05) is 12.4 Å². The Bertz CT molecular complexity index is 279. The Labute approximate surface area is 74.3 Å². The van der Waals surface area contributed by atoms with Crippen LogP contribution in [0, 0.1) is 0 Å². The average molecular weight is 179 g/mol. The van der Waals surface area contributed by atoms with Gasteiger partial charge in [-0.15, -0.1) is 0 Å². The highest BCUT2D eigenvalue weighted by Crippen LogP contribution is 2.12. The van der Waals surface area contributed by atoms with E-state index in [4.69, 9.17) is 4.52 Å². The summed E-state index contributed by atoms with van der Waals surface area (Å²) in [6.07, 6.45) is 3.24. The number of hydrogen-bond acceptors (Lipinski definition) is 2. The first-order valence-corrected chi connectivity index (χ1v) is 3.95. The summed E-state index contributed by atoms with van der Waals surface area (Å²) >= 11 is 0. The Morgan fingerprint density at radius 1 is 1.33 bits per heavy atom. The van der Waals surface area contributed by atoms with E-state index in [1.54, 1.807) is 6.21 Å². The van der Waals surface area contributed by atoms with Crippen LogP contribution in [0.2, 0.25) is 0 Å². The maximum absolute atomic E-state index is 4.93. The second-order valence-electron chi connectivity index (χ2n) is 2.15. The van der Waals surface area contributed by atoms with E-state index in [-0.39, 0.29) is 0 Å². The molecule has 0 aromatic heterocycles. The maximum Gasteiger partial charge on any atom is 0.122 e. The van der Waals surface area contributed by atoms with Crippen LogP contribution in [0.15, 0.2) is 42.0 Å². The van der Waals surface area contributed by atoms with Gasteiger partial charge in [-0.3, -0.25) is 4.99 Å². The minimum Gasteiger partial charge on any atom is -0.480 e. The molecule has 12 heavy (non-hydrogen) atoms. The molecule has 0 N–H and O–H groups in total. The highest BCUT2D eigenvalue weighted by atomic mass is 31.0. The Kier molecular flexibility index (Phi) is 3.49. The summed E-state index contributed by atoms with van der Waals surface area (Å²) in [7, 11) is 2.20. The summed E-state index contributed by atoms with van der Waals surface area (Å²) in [6.45, 7) is 3.48. The van der Waals surface area contributed by atoms with Crippen molar-refractivity contribution in [2.75, 3.05) is 0 Å². The van der Waals surface area contributed by atoms with E-state index in [1.165, 1.54) is 6.20 Å². The van der Waals surface area contributed by atoms with Crippen LogP contribution in [-0.2, 0) is 0 Å². The SMILES string of the molecule is C=CN=Cc1ccc(OP)cc1. The third kappa shape index (κ3) is 2.48. The fourth-order valence-corrected chi connectivity index (χ4v) is 0.928. The number of nitrogens with zero attached hydrogens (tertiary/aromatic N) is 1. The lowest BCUT2D eigenvalue weighted by molar-refractivity contribution is 0.646. The van der Waals surface area contributed by atoms with Crippen molar-refractivity contribution in [2.24, 2.45) is 4.99 Å². The summed E-state index contributed by atoms with van der Waals surface area (Å²) in [6, 6.07) is 7.59. The first-order valence-electron chi connectivity index (χ1n) is 3.47. The lowest BCUT2D eigenvalue weighted by Gasteiger charge is -1.97. The highest BCUT2D eigenvalue weighted by molar-refractivity contribution is 7.10. The summed E-state index contributed by atoms with van der Waals surface area (Å²) < 4.78 is 4.93. The van der Waals surface area contributed by atoms with E-state index in [0.29, 0.717) is 0 Å². The lowest BCUT2D eigenvalue weighted by Crippen LogP contribution is -1.79. The molecule has 1 unspecified atom stereocenters.